The van der Waals surface area contributed by atoms with E-state index in [4.69, 9.17) is 13.9 Å². The van der Waals surface area contributed by atoms with Crippen molar-refractivity contribution in [1.29, 1.82) is 0 Å². The van der Waals surface area contributed by atoms with E-state index >= 15 is 0 Å². The minimum absolute atomic E-state index is 0.0534. The molecule has 4 rings (SSSR count). The summed E-state index contributed by atoms with van der Waals surface area (Å²) >= 11 is 0. The molecule has 2 aromatic carbocycles. The van der Waals surface area contributed by atoms with E-state index in [-0.39, 0.29) is 29.2 Å². The first kappa shape index (κ1) is 23.2. The Labute approximate surface area is 195 Å². The summed E-state index contributed by atoms with van der Waals surface area (Å²) in [5, 5.41) is 4.58. The molecule has 33 heavy (non-hydrogen) atoms. The van der Waals surface area contributed by atoms with Crippen LogP contribution in [0.2, 0.25) is 5.04 Å². The fourth-order valence-corrected chi connectivity index (χ4v) is 9.08. The molecule has 1 aliphatic carbocycles. The van der Waals surface area contributed by atoms with E-state index < -0.39 is 26.6 Å². The Kier molecular flexibility index (Phi) is 6.38. The number of epoxide rings is 1. The third-order valence-corrected chi connectivity index (χ3v) is 11.0. The maximum Gasteiger partial charge on any atom is 0.412 e. The van der Waals surface area contributed by atoms with Gasteiger partial charge in [0.25, 0.3) is 8.32 Å². The Bertz CT molecular complexity index is 1020. The van der Waals surface area contributed by atoms with Crippen molar-refractivity contribution in [3.63, 3.8) is 0 Å². The van der Waals surface area contributed by atoms with Crippen LogP contribution in [-0.4, -0.2) is 45.1 Å². The lowest BCUT2D eigenvalue weighted by molar-refractivity contribution is -0.117. The number of nitrogens with one attached hydrogen (secondary N) is 1. The molecule has 6 nitrogen and oxygen atoms in total. The van der Waals surface area contributed by atoms with Crippen molar-refractivity contribution < 1.29 is 23.5 Å². The molecule has 172 valence electrons. The van der Waals surface area contributed by atoms with Gasteiger partial charge in [-0.05, 0) is 21.5 Å². The quantitative estimate of drug-likeness (QED) is 0.388. The molecule has 0 radical (unpaired) electrons. The van der Waals surface area contributed by atoms with Gasteiger partial charge in [0, 0.05) is 0 Å². The molecule has 0 unspecified atom stereocenters. The molecule has 1 saturated heterocycles. The highest BCUT2D eigenvalue weighted by Crippen LogP contribution is 2.42. The summed E-state index contributed by atoms with van der Waals surface area (Å²) in [6, 6.07) is 20.5. The molecule has 0 spiro atoms. The molecule has 1 aliphatic heterocycles. The topological polar surface area (TPSA) is 77.2 Å². The molecular weight excluding hydrogens is 434 g/mol. The number of carbonyl (C=O) groups is 2. The van der Waals surface area contributed by atoms with Gasteiger partial charge in [-0.1, -0.05) is 94.1 Å². The third kappa shape index (κ3) is 4.44. The molecule has 2 aromatic rings. The normalized spacial score (nSPS) is 22.1. The van der Waals surface area contributed by atoms with Crippen LogP contribution in [0.25, 0.3) is 0 Å². The van der Waals surface area contributed by atoms with E-state index in [1.165, 1.54) is 6.08 Å². The van der Waals surface area contributed by atoms with Gasteiger partial charge < -0.3 is 13.9 Å². The number of fused-ring (bicyclic) bond motifs is 1. The van der Waals surface area contributed by atoms with E-state index in [1.807, 2.05) is 36.4 Å². The first-order valence-electron chi connectivity index (χ1n) is 11.0. The molecule has 3 atom stereocenters. The van der Waals surface area contributed by atoms with Crippen molar-refractivity contribution in [1.82, 2.24) is 5.32 Å². The minimum Gasteiger partial charge on any atom is -0.445 e. The largest absolute Gasteiger partial charge is 0.445 e. The summed E-state index contributed by atoms with van der Waals surface area (Å²) in [6.07, 6.45) is 0.949. The van der Waals surface area contributed by atoms with Gasteiger partial charge in [0.15, 0.2) is 6.10 Å². The van der Waals surface area contributed by atoms with Gasteiger partial charge in [-0.15, -0.1) is 0 Å². The van der Waals surface area contributed by atoms with Crippen LogP contribution >= 0.6 is 0 Å². The van der Waals surface area contributed by atoms with Crippen LogP contribution in [-0.2, 0) is 18.7 Å². The van der Waals surface area contributed by atoms with Gasteiger partial charge in [-0.3, -0.25) is 10.1 Å². The maximum atomic E-state index is 12.7. The number of amides is 1. The molecule has 7 heteroatoms. The van der Waals surface area contributed by atoms with E-state index in [9.17, 15) is 9.59 Å². The standard InChI is InChI=1S/C26H29NO5Si/c1-5-16-30-25(29)27-20-17-21(23-24(31-23)22(20)28)32-33(26(2,3)4,18-12-8-6-9-13-18)19-14-10-7-11-15-19/h5-15,17,21,23-24H,1,16H2,2-4H3,(H,27,29)/t21-,23+,24-/m1/s1. The van der Waals surface area contributed by atoms with Gasteiger partial charge in [0.2, 0.25) is 5.78 Å². The van der Waals surface area contributed by atoms with Gasteiger partial charge in [0.05, 0.1) is 11.8 Å². The predicted molar refractivity (Wildman–Crippen MR) is 129 cm³/mol. The molecule has 1 fully saturated rings. The van der Waals surface area contributed by atoms with Crippen molar-refractivity contribution in [2.45, 2.75) is 44.1 Å². The monoisotopic (exact) mass is 463 g/mol. The van der Waals surface area contributed by atoms with Crippen LogP contribution < -0.4 is 15.7 Å². The van der Waals surface area contributed by atoms with Crippen LogP contribution in [0.3, 0.4) is 0 Å². The van der Waals surface area contributed by atoms with Crippen molar-refractivity contribution >= 4 is 30.6 Å². The molecule has 0 aromatic heterocycles. The highest BCUT2D eigenvalue weighted by Gasteiger charge is 2.59. The van der Waals surface area contributed by atoms with Crippen molar-refractivity contribution in [2.75, 3.05) is 6.61 Å². The Balaban J connectivity index is 1.76. The van der Waals surface area contributed by atoms with Crippen LogP contribution in [0.1, 0.15) is 20.8 Å². The van der Waals surface area contributed by atoms with Crippen molar-refractivity contribution in [3.8, 4) is 0 Å². The van der Waals surface area contributed by atoms with Crippen LogP contribution in [0.4, 0.5) is 4.79 Å². The predicted octanol–water partition coefficient (Wildman–Crippen LogP) is 3.08. The van der Waals surface area contributed by atoms with E-state index in [2.05, 4.69) is 56.9 Å². The summed E-state index contributed by atoms with van der Waals surface area (Å²) in [5.41, 5.74) is 0.144. The SMILES string of the molecule is C=CCOC(=O)NC1=C[C@@H](O[Si](c2ccccc2)(c2ccccc2)C(C)(C)C)[C@@H]2O[C@@H]2C1=O. The van der Waals surface area contributed by atoms with Crippen molar-refractivity contribution in [3.05, 3.63) is 85.1 Å². The lowest BCUT2D eigenvalue weighted by Crippen LogP contribution is -2.68. The summed E-state index contributed by atoms with van der Waals surface area (Å²) < 4.78 is 17.8. The molecular formula is C26H29NO5Si. The number of hydrogen-bond acceptors (Lipinski definition) is 5. The number of alkyl carbamates (subject to hydrolysis) is 1. The number of hydrogen-bond donors (Lipinski definition) is 1. The second-order valence-corrected chi connectivity index (χ2v) is 13.5. The fourth-order valence-electron chi connectivity index (χ4n) is 4.46. The van der Waals surface area contributed by atoms with Gasteiger partial charge in [-0.25, -0.2) is 4.79 Å². The summed E-state index contributed by atoms with van der Waals surface area (Å²) in [7, 11) is -2.86. The third-order valence-electron chi connectivity index (χ3n) is 6.00. The second kappa shape index (κ2) is 9.09. The molecule has 1 amide bonds. The number of benzene rings is 2. The average molecular weight is 464 g/mol. The van der Waals surface area contributed by atoms with E-state index in [0.717, 1.165) is 10.4 Å². The van der Waals surface area contributed by atoms with Gasteiger partial charge >= 0.3 is 6.09 Å². The number of ketones is 1. The van der Waals surface area contributed by atoms with Crippen LogP contribution in [0.5, 0.6) is 0 Å². The lowest BCUT2D eigenvalue weighted by Gasteiger charge is -2.45. The molecule has 1 heterocycles. The Hall–Kier alpha value is -3.00. The zero-order chi connectivity index (χ0) is 23.6. The second-order valence-electron chi connectivity index (χ2n) is 9.22. The van der Waals surface area contributed by atoms with Crippen LogP contribution in [0.15, 0.2) is 85.1 Å². The summed E-state index contributed by atoms with van der Waals surface area (Å²) in [4.78, 5) is 24.8. The fraction of sp³-hybridized carbons (Fsp3) is 0.308. The van der Waals surface area contributed by atoms with E-state index in [1.54, 1.807) is 6.08 Å². The van der Waals surface area contributed by atoms with Gasteiger partial charge in [-0.2, -0.15) is 0 Å². The highest BCUT2D eigenvalue weighted by atomic mass is 28.4. The number of ether oxygens (including phenoxy) is 2. The number of carbonyl (C=O) groups excluding carboxylic acids is 2. The van der Waals surface area contributed by atoms with Gasteiger partial charge in [0.1, 0.15) is 12.7 Å². The molecule has 2 aliphatic rings. The Morgan fingerprint density at radius 2 is 1.67 bits per heavy atom. The highest BCUT2D eigenvalue weighted by molar-refractivity contribution is 6.99. The van der Waals surface area contributed by atoms with Crippen LogP contribution in [0, 0.1) is 0 Å². The zero-order valence-electron chi connectivity index (χ0n) is 19.1. The first-order chi connectivity index (χ1) is 15.8. The molecule has 0 saturated carbocycles. The average Bonchev–Trinajstić information content (AvgIpc) is 3.61. The zero-order valence-corrected chi connectivity index (χ0v) is 20.1. The number of Topliss-reactive ketones (excluding diaryl/α,β-unsaturated/α-hetero) is 1. The van der Waals surface area contributed by atoms with E-state index in [0.29, 0.717) is 0 Å². The summed E-state index contributed by atoms with van der Waals surface area (Å²) in [6.45, 7) is 10.1. The lowest BCUT2D eigenvalue weighted by atomic mass is 10.0. The summed E-state index contributed by atoms with van der Waals surface area (Å²) in [5.74, 6) is -0.266. The Morgan fingerprint density at radius 1 is 1.09 bits per heavy atom. The first-order valence-corrected chi connectivity index (χ1v) is 12.9. The Morgan fingerprint density at radius 3 is 2.18 bits per heavy atom. The van der Waals surface area contributed by atoms with Crippen molar-refractivity contribution in [2.24, 2.45) is 0 Å². The molecule has 1 N–H and O–H groups in total. The smallest absolute Gasteiger partial charge is 0.412 e. The number of rotatable bonds is 7. The maximum absolute atomic E-state index is 12.7. The molecule has 0 bridgehead atoms. The minimum atomic E-state index is -2.86.